The number of methoxy groups -OCH3 is 1. The Kier molecular flexibility index (Phi) is 4.26. The minimum atomic E-state index is -4.61. The van der Waals surface area contributed by atoms with Crippen molar-refractivity contribution in [1.29, 1.82) is 0 Å². The monoisotopic (exact) mass is 326 g/mol. The normalized spacial score (nSPS) is 13.2. The van der Waals surface area contributed by atoms with E-state index in [0.717, 1.165) is 13.2 Å². The number of ether oxygens (including phenoxy) is 1. The van der Waals surface area contributed by atoms with Gasteiger partial charge in [0.25, 0.3) is 0 Å². The maximum Gasteiger partial charge on any atom is 0.420 e. The number of alkyl halides is 3. The van der Waals surface area contributed by atoms with Crippen molar-refractivity contribution in [3.8, 4) is 5.75 Å². The van der Waals surface area contributed by atoms with Gasteiger partial charge in [-0.2, -0.15) is 13.2 Å². The highest BCUT2D eigenvalue weighted by molar-refractivity contribution is 9.10. The summed E-state index contributed by atoms with van der Waals surface area (Å²) in [5.41, 5.74) is -1.02. The highest BCUT2D eigenvalue weighted by Gasteiger charge is 2.37. The Hall–Kier alpha value is -1.24. The molecule has 1 aromatic rings. The first kappa shape index (κ1) is 14.8. The van der Waals surface area contributed by atoms with E-state index in [4.69, 9.17) is 9.84 Å². The number of halogens is 4. The third kappa shape index (κ3) is 2.95. The quantitative estimate of drug-likeness (QED) is 0.921. The van der Waals surface area contributed by atoms with Gasteiger partial charge in [0.15, 0.2) is 0 Å². The SMILES string of the molecule is COc1c(C(C)C(=O)O)cc(Br)cc1C(F)(F)F. The fraction of sp³-hybridized carbons (Fsp3) is 0.364. The van der Waals surface area contributed by atoms with Crippen molar-refractivity contribution in [2.24, 2.45) is 0 Å². The maximum atomic E-state index is 12.8. The van der Waals surface area contributed by atoms with Crippen LogP contribution >= 0.6 is 15.9 Å². The minimum Gasteiger partial charge on any atom is -0.496 e. The smallest absolute Gasteiger partial charge is 0.420 e. The summed E-state index contributed by atoms with van der Waals surface area (Å²) < 4.78 is 43.3. The number of rotatable bonds is 3. The first-order chi connectivity index (χ1) is 8.18. The number of hydrogen-bond donors (Lipinski definition) is 1. The number of aliphatic carboxylic acids is 1. The second-order valence-corrected chi connectivity index (χ2v) is 4.55. The first-order valence-electron chi connectivity index (χ1n) is 4.86. The number of carbonyl (C=O) groups is 1. The summed E-state index contributed by atoms with van der Waals surface area (Å²) in [6.45, 7) is 1.30. The molecule has 18 heavy (non-hydrogen) atoms. The number of carboxylic acids is 1. The molecule has 0 saturated heterocycles. The molecule has 0 heterocycles. The molecule has 1 unspecified atom stereocenters. The lowest BCUT2D eigenvalue weighted by molar-refractivity contribution is -0.140. The van der Waals surface area contributed by atoms with Crippen molar-refractivity contribution in [2.75, 3.05) is 7.11 Å². The summed E-state index contributed by atoms with van der Waals surface area (Å²) in [4.78, 5) is 10.9. The van der Waals surface area contributed by atoms with Gasteiger partial charge in [-0.15, -0.1) is 0 Å². The van der Waals surface area contributed by atoms with Crippen LogP contribution in [0.4, 0.5) is 13.2 Å². The van der Waals surface area contributed by atoms with E-state index in [2.05, 4.69) is 15.9 Å². The van der Waals surface area contributed by atoms with Crippen LogP contribution in [0, 0.1) is 0 Å². The van der Waals surface area contributed by atoms with E-state index in [0.29, 0.717) is 0 Å². The molecule has 0 saturated carbocycles. The van der Waals surface area contributed by atoms with E-state index in [1.54, 1.807) is 0 Å². The Morgan fingerprint density at radius 1 is 1.44 bits per heavy atom. The summed E-state index contributed by atoms with van der Waals surface area (Å²) in [7, 11) is 1.08. The average molecular weight is 327 g/mol. The summed E-state index contributed by atoms with van der Waals surface area (Å²) >= 11 is 2.94. The van der Waals surface area contributed by atoms with Crippen molar-refractivity contribution in [2.45, 2.75) is 19.0 Å². The Bertz CT molecular complexity index is 471. The van der Waals surface area contributed by atoms with E-state index >= 15 is 0 Å². The zero-order valence-corrected chi connectivity index (χ0v) is 11.1. The lowest BCUT2D eigenvalue weighted by Gasteiger charge is -2.18. The van der Waals surface area contributed by atoms with Crippen molar-refractivity contribution < 1.29 is 27.8 Å². The fourth-order valence-corrected chi connectivity index (χ4v) is 1.98. The molecular formula is C11H10BrF3O3. The topological polar surface area (TPSA) is 46.5 Å². The average Bonchev–Trinajstić information content (AvgIpc) is 2.25. The summed E-state index contributed by atoms with van der Waals surface area (Å²) in [5.74, 6) is -2.78. The van der Waals surface area contributed by atoms with Gasteiger partial charge < -0.3 is 9.84 Å². The molecule has 0 aliphatic rings. The molecule has 0 radical (unpaired) electrons. The number of hydrogen-bond acceptors (Lipinski definition) is 2. The van der Waals surface area contributed by atoms with Crippen LogP contribution in [0.25, 0.3) is 0 Å². The second kappa shape index (κ2) is 5.17. The van der Waals surface area contributed by atoms with E-state index in [1.807, 2.05) is 0 Å². The van der Waals surface area contributed by atoms with Crippen LogP contribution in [0.3, 0.4) is 0 Å². The Labute approximate surface area is 110 Å². The number of benzene rings is 1. The van der Waals surface area contributed by atoms with E-state index < -0.39 is 29.4 Å². The van der Waals surface area contributed by atoms with Gasteiger partial charge in [-0.1, -0.05) is 15.9 Å². The first-order valence-corrected chi connectivity index (χ1v) is 5.65. The summed E-state index contributed by atoms with van der Waals surface area (Å²) in [6.07, 6.45) is -4.61. The van der Waals surface area contributed by atoms with Crippen LogP contribution in [0.2, 0.25) is 0 Å². The minimum absolute atomic E-state index is 0.0216. The molecule has 0 spiro atoms. The zero-order chi connectivity index (χ0) is 14.1. The zero-order valence-electron chi connectivity index (χ0n) is 9.51. The van der Waals surface area contributed by atoms with E-state index in [1.165, 1.54) is 13.0 Å². The van der Waals surface area contributed by atoms with Gasteiger partial charge in [0.05, 0.1) is 18.6 Å². The van der Waals surface area contributed by atoms with E-state index in [9.17, 15) is 18.0 Å². The Morgan fingerprint density at radius 3 is 2.39 bits per heavy atom. The molecule has 1 aromatic carbocycles. The predicted octanol–water partition coefficient (Wildman–Crippen LogP) is 3.66. The second-order valence-electron chi connectivity index (χ2n) is 3.63. The van der Waals surface area contributed by atoms with Crippen LogP contribution in [-0.4, -0.2) is 18.2 Å². The standard InChI is InChI=1S/C11H10BrF3O3/c1-5(10(16)17)7-3-6(12)4-8(9(7)18-2)11(13,14)15/h3-5H,1-2H3,(H,16,17). The van der Waals surface area contributed by atoms with Gasteiger partial charge in [-0.3, -0.25) is 4.79 Å². The lowest BCUT2D eigenvalue weighted by atomic mass is 9.97. The van der Waals surface area contributed by atoms with Gasteiger partial charge in [0, 0.05) is 10.0 Å². The molecule has 7 heteroatoms. The van der Waals surface area contributed by atoms with Crippen LogP contribution in [0.1, 0.15) is 24.0 Å². The van der Waals surface area contributed by atoms with Crippen molar-refractivity contribution in [3.63, 3.8) is 0 Å². The third-order valence-electron chi connectivity index (χ3n) is 2.43. The molecule has 0 aromatic heterocycles. The highest BCUT2D eigenvalue weighted by atomic mass is 79.9. The molecule has 1 N–H and O–H groups in total. The predicted molar refractivity (Wildman–Crippen MR) is 61.7 cm³/mol. The molecule has 0 aliphatic heterocycles. The van der Waals surface area contributed by atoms with E-state index in [-0.39, 0.29) is 10.0 Å². The van der Waals surface area contributed by atoms with Crippen LogP contribution < -0.4 is 4.74 Å². The van der Waals surface area contributed by atoms with Gasteiger partial charge in [-0.05, 0) is 19.1 Å². The maximum absolute atomic E-state index is 12.8. The lowest BCUT2D eigenvalue weighted by Crippen LogP contribution is -2.14. The molecule has 100 valence electrons. The fourth-order valence-electron chi connectivity index (χ4n) is 1.51. The van der Waals surface area contributed by atoms with Crippen LogP contribution in [0.15, 0.2) is 16.6 Å². The molecule has 1 atom stereocenters. The molecule has 0 aliphatic carbocycles. The molecule has 0 fully saturated rings. The van der Waals surface area contributed by atoms with Gasteiger partial charge in [0.1, 0.15) is 5.75 Å². The van der Waals surface area contributed by atoms with Gasteiger partial charge in [-0.25, -0.2) is 0 Å². The van der Waals surface area contributed by atoms with Gasteiger partial charge >= 0.3 is 12.1 Å². The Morgan fingerprint density at radius 2 is 2.00 bits per heavy atom. The van der Waals surface area contributed by atoms with Crippen LogP contribution in [0.5, 0.6) is 5.75 Å². The summed E-state index contributed by atoms with van der Waals surface area (Å²) in [6, 6.07) is 2.17. The Balaban J connectivity index is 3.52. The molecule has 0 bridgehead atoms. The molecule has 1 rings (SSSR count). The van der Waals surface area contributed by atoms with Gasteiger partial charge in [0.2, 0.25) is 0 Å². The molecular weight excluding hydrogens is 317 g/mol. The van der Waals surface area contributed by atoms with Crippen molar-refractivity contribution >= 4 is 21.9 Å². The highest BCUT2D eigenvalue weighted by Crippen LogP contribution is 2.42. The molecule has 3 nitrogen and oxygen atoms in total. The van der Waals surface area contributed by atoms with Crippen LogP contribution in [-0.2, 0) is 11.0 Å². The van der Waals surface area contributed by atoms with Crippen molar-refractivity contribution in [3.05, 3.63) is 27.7 Å². The molecule has 0 amide bonds. The van der Waals surface area contributed by atoms with Crippen molar-refractivity contribution in [1.82, 2.24) is 0 Å². The largest absolute Gasteiger partial charge is 0.496 e. The third-order valence-corrected chi connectivity index (χ3v) is 2.89. The number of carboxylic acid groups (broad SMARTS) is 1. The summed E-state index contributed by atoms with van der Waals surface area (Å²) in [5, 5.41) is 8.89.